The molecule has 3 aromatic rings. The molecule has 206 valence electrons. The first-order valence-corrected chi connectivity index (χ1v) is 15.2. The van der Waals surface area contributed by atoms with Crippen molar-refractivity contribution in [2.24, 2.45) is 0 Å². The third-order valence-electron chi connectivity index (χ3n) is 7.22. The number of thioether (sulfide) groups is 1. The number of thiophene rings is 1. The van der Waals surface area contributed by atoms with Gasteiger partial charge in [0.05, 0.1) is 22.4 Å². The zero-order chi connectivity index (χ0) is 27.9. The zero-order valence-electron chi connectivity index (χ0n) is 23.1. The van der Waals surface area contributed by atoms with Gasteiger partial charge in [-0.3, -0.25) is 19.3 Å². The van der Waals surface area contributed by atoms with Crippen molar-refractivity contribution in [3.05, 3.63) is 63.5 Å². The van der Waals surface area contributed by atoms with Crippen LogP contribution in [-0.4, -0.2) is 75.8 Å². The minimum atomic E-state index is -0.290. The van der Waals surface area contributed by atoms with Crippen molar-refractivity contribution in [2.45, 2.75) is 45.3 Å². The van der Waals surface area contributed by atoms with Gasteiger partial charge in [0.15, 0.2) is 0 Å². The minimum absolute atomic E-state index is 0.0165. The Morgan fingerprint density at radius 2 is 1.77 bits per heavy atom. The van der Waals surface area contributed by atoms with Crippen LogP contribution in [0.3, 0.4) is 0 Å². The molecule has 5 rings (SSSR count). The Kier molecular flexibility index (Phi) is 7.61. The largest absolute Gasteiger partial charge is 0.339 e. The van der Waals surface area contributed by atoms with E-state index in [0.29, 0.717) is 32.0 Å². The van der Waals surface area contributed by atoms with Gasteiger partial charge in [0.1, 0.15) is 12.4 Å². The summed E-state index contributed by atoms with van der Waals surface area (Å²) >= 11 is 3.28. The van der Waals surface area contributed by atoms with Gasteiger partial charge in [-0.15, -0.1) is 23.1 Å². The Balaban J connectivity index is 1.63. The van der Waals surface area contributed by atoms with Gasteiger partial charge in [-0.1, -0.05) is 39.0 Å². The van der Waals surface area contributed by atoms with Crippen molar-refractivity contribution >= 4 is 46.6 Å². The predicted octanol–water partition coefficient (Wildman–Crippen LogP) is 4.40. The van der Waals surface area contributed by atoms with E-state index in [1.54, 1.807) is 44.7 Å². The van der Waals surface area contributed by atoms with Gasteiger partial charge in [-0.05, 0) is 36.1 Å². The molecule has 0 radical (unpaired) electrons. The van der Waals surface area contributed by atoms with Crippen LogP contribution >= 0.6 is 23.1 Å². The summed E-state index contributed by atoms with van der Waals surface area (Å²) in [5, 5.41) is 7.14. The number of piperazine rings is 1. The number of fused-ring (bicyclic) bond motifs is 1. The molecular weight excluding hydrogens is 530 g/mol. The molecule has 0 saturated carbocycles. The first kappa shape index (κ1) is 27.5. The lowest BCUT2D eigenvalue weighted by molar-refractivity contribution is -0.137. The fourth-order valence-electron chi connectivity index (χ4n) is 5.18. The van der Waals surface area contributed by atoms with Crippen molar-refractivity contribution < 1.29 is 14.4 Å². The van der Waals surface area contributed by atoms with E-state index in [1.165, 1.54) is 0 Å². The summed E-state index contributed by atoms with van der Waals surface area (Å²) in [6, 6.07) is 12.2. The van der Waals surface area contributed by atoms with Crippen molar-refractivity contribution in [1.82, 2.24) is 19.6 Å². The van der Waals surface area contributed by atoms with E-state index in [1.807, 2.05) is 35.9 Å². The fraction of sp³-hybridized carbons (Fsp3) is 0.448. The second-order valence-corrected chi connectivity index (χ2v) is 13.2. The molecule has 0 spiro atoms. The highest BCUT2D eigenvalue weighted by Crippen LogP contribution is 2.49. The van der Waals surface area contributed by atoms with Gasteiger partial charge < -0.3 is 9.80 Å². The molecule has 10 heteroatoms. The maximum atomic E-state index is 13.8. The molecule has 0 bridgehead atoms. The zero-order valence-corrected chi connectivity index (χ0v) is 24.8. The summed E-state index contributed by atoms with van der Waals surface area (Å²) in [5.41, 5.74) is 3.58. The van der Waals surface area contributed by atoms with Crippen LogP contribution in [0.2, 0.25) is 0 Å². The second-order valence-electron chi connectivity index (χ2n) is 11.2. The van der Waals surface area contributed by atoms with E-state index < -0.39 is 0 Å². The van der Waals surface area contributed by atoms with Crippen LogP contribution in [0, 0.1) is 6.92 Å². The standard InChI is InChI=1S/C29H35N5O3S2/c1-19-8-6-9-21(16-19)34-28-25(27(30-34)29(3,4)5)26(22-10-7-15-38-22)39-18-24(37)33(28)17-23(36)32-13-11-31(12-14-32)20(2)35/h6-10,15-16,26H,11-14,17-18H2,1-5H3. The Labute approximate surface area is 238 Å². The molecule has 39 heavy (non-hydrogen) atoms. The van der Waals surface area contributed by atoms with Gasteiger partial charge in [0.25, 0.3) is 0 Å². The number of carbonyl (C=O) groups excluding carboxylic acids is 3. The SMILES string of the molecule is CC(=O)N1CCN(C(=O)CN2C(=O)CSC(c3cccs3)c3c(C(C)(C)C)nn(-c4cccc(C)c4)c32)CC1. The smallest absolute Gasteiger partial charge is 0.242 e. The Morgan fingerprint density at radius 1 is 1.05 bits per heavy atom. The van der Waals surface area contributed by atoms with Gasteiger partial charge >= 0.3 is 0 Å². The summed E-state index contributed by atoms with van der Waals surface area (Å²) in [6.45, 7) is 11.9. The molecule has 2 aliphatic rings. The average Bonchev–Trinajstić information content (AvgIpc) is 3.54. The highest BCUT2D eigenvalue weighted by Gasteiger charge is 2.40. The van der Waals surface area contributed by atoms with Crippen LogP contribution in [0.15, 0.2) is 41.8 Å². The van der Waals surface area contributed by atoms with Gasteiger partial charge in [0, 0.05) is 49.0 Å². The summed E-state index contributed by atoms with van der Waals surface area (Å²) in [5.74, 6) is 0.731. The molecule has 0 N–H and O–H groups in total. The molecule has 1 unspecified atom stereocenters. The number of aryl methyl sites for hydroxylation is 1. The maximum absolute atomic E-state index is 13.8. The highest BCUT2D eigenvalue weighted by atomic mass is 32.2. The highest BCUT2D eigenvalue weighted by molar-refractivity contribution is 8.00. The number of hydrogen-bond donors (Lipinski definition) is 0. The number of hydrogen-bond acceptors (Lipinski definition) is 6. The first-order chi connectivity index (χ1) is 18.5. The molecule has 1 saturated heterocycles. The monoisotopic (exact) mass is 565 g/mol. The van der Waals surface area contributed by atoms with Crippen LogP contribution in [0.5, 0.6) is 0 Å². The normalized spacial score (nSPS) is 18.2. The van der Waals surface area contributed by atoms with Crippen molar-refractivity contribution in [3.63, 3.8) is 0 Å². The van der Waals surface area contributed by atoms with E-state index in [4.69, 9.17) is 5.10 Å². The Bertz CT molecular complexity index is 1380. The van der Waals surface area contributed by atoms with E-state index in [0.717, 1.165) is 27.4 Å². The molecule has 2 aromatic heterocycles. The summed E-state index contributed by atoms with van der Waals surface area (Å²) in [4.78, 5) is 45.5. The van der Waals surface area contributed by atoms with Crippen LogP contribution < -0.4 is 4.90 Å². The van der Waals surface area contributed by atoms with Crippen LogP contribution in [0.25, 0.3) is 5.69 Å². The third kappa shape index (κ3) is 5.49. The number of aromatic nitrogens is 2. The summed E-state index contributed by atoms with van der Waals surface area (Å²) in [6.07, 6.45) is 0. The number of anilines is 1. The van der Waals surface area contributed by atoms with E-state index in [-0.39, 0.29) is 40.7 Å². The Morgan fingerprint density at radius 3 is 2.38 bits per heavy atom. The van der Waals surface area contributed by atoms with E-state index >= 15 is 0 Å². The molecule has 8 nitrogen and oxygen atoms in total. The molecule has 0 aliphatic carbocycles. The number of benzene rings is 1. The number of carbonyl (C=O) groups is 3. The molecule has 2 aliphatic heterocycles. The van der Waals surface area contributed by atoms with Crippen molar-refractivity contribution in [3.8, 4) is 5.69 Å². The molecular formula is C29H35N5O3S2. The number of nitrogens with zero attached hydrogens (tertiary/aromatic N) is 5. The van der Waals surface area contributed by atoms with Gasteiger partial charge in [0.2, 0.25) is 17.7 Å². The summed E-state index contributed by atoms with van der Waals surface area (Å²) in [7, 11) is 0. The Hall–Kier alpha value is -3.11. The van der Waals surface area contributed by atoms with Gasteiger partial charge in [-0.25, -0.2) is 4.68 Å². The lowest BCUT2D eigenvalue weighted by Crippen LogP contribution is -2.53. The first-order valence-electron chi connectivity index (χ1n) is 13.2. The minimum Gasteiger partial charge on any atom is -0.339 e. The third-order valence-corrected chi connectivity index (χ3v) is 9.54. The molecule has 1 aromatic carbocycles. The van der Waals surface area contributed by atoms with Crippen LogP contribution in [0.4, 0.5) is 5.82 Å². The van der Waals surface area contributed by atoms with Gasteiger partial charge in [-0.2, -0.15) is 5.10 Å². The van der Waals surface area contributed by atoms with E-state index in [2.05, 4.69) is 38.3 Å². The predicted molar refractivity (Wildman–Crippen MR) is 157 cm³/mol. The lowest BCUT2D eigenvalue weighted by Gasteiger charge is -2.35. The molecule has 1 atom stereocenters. The molecule has 4 heterocycles. The second kappa shape index (κ2) is 10.8. The van der Waals surface area contributed by atoms with Crippen molar-refractivity contribution in [1.29, 1.82) is 0 Å². The fourth-order valence-corrected chi connectivity index (χ4v) is 7.36. The maximum Gasteiger partial charge on any atom is 0.242 e. The average molecular weight is 566 g/mol. The topological polar surface area (TPSA) is 78.8 Å². The number of amides is 3. The lowest BCUT2D eigenvalue weighted by atomic mass is 9.88. The molecule has 1 fully saturated rings. The van der Waals surface area contributed by atoms with Crippen molar-refractivity contribution in [2.75, 3.05) is 43.4 Å². The van der Waals surface area contributed by atoms with E-state index in [9.17, 15) is 14.4 Å². The quantitative estimate of drug-likeness (QED) is 0.469. The van der Waals surface area contributed by atoms with Crippen LogP contribution in [-0.2, 0) is 19.8 Å². The number of rotatable bonds is 4. The van der Waals surface area contributed by atoms with Crippen LogP contribution in [0.1, 0.15) is 54.6 Å². The summed E-state index contributed by atoms with van der Waals surface area (Å²) < 4.78 is 1.87. The molecule has 3 amide bonds.